The van der Waals surface area contributed by atoms with Crippen molar-refractivity contribution in [3.8, 4) is 5.69 Å². The molecule has 7 nitrogen and oxygen atoms in total. The molecule has 11 heteroatoms. The minimum Gasteiger partial charge on any atom is -0.352 e. The van der Waals surface area contributed by atoms with Gasteiger partial charge in [-0.2, -0.15) is 13.2 Å². The van der Waals surface area contributed by atoms with Crippen molar-refractivity contribution < 1.29 is 22.9 Å². The summed E-state index contributed by atoms with van der Waals surface area (Å²) in [5.41, 5.74) is -0.135. The molecule has 0 aliphatic heterocycles. The zero-order valence-electron chi connectivity index (χ0n) is 19.2. The van der Waals surface area contributed by atoms with Crippen molar-refractivity contribution in [3.63, 3.8) is 0 Å². The fourth-order valence-corrected chi connectivity index (χ4v) is 5.33. The molecule has 0 radical (unpaired) electrons. The first kappa shape index (κ1) is 25.0. The van der Waals surface area contributed by atoms with Crippen LogP contribution in [0, 0.1) is 22.0 Å². The van der Waals surface area contributed by atoms with Gasteiger partial charge in [0.05, 0.1) is 27.3 Å². The number of imidazole rings is 1. The second-order valence-corrected chi connectivity index (χ2v) is 9.88. The van der Waals surface area contributed by atoms with Crippen molar-refractivity contribution in [2.45, 2.75) is 50.5 Å². The number of aromatic nitrogens is 2. The molecule has 1 amide bonds. The molecular weight excluding hydrogens is 481 g/mol. The second kappa shape index (κ2) is 9.88. The predicted molar refractivity (Wildman–Crippen MR) is 128 cm³/mol. The molecule has 4 rings (SSSR count). The van der Waals surface area contributed by atoms with Crippen LogP contribution in [-0.2, 0) is 11.0 Å². The summed E-state index contributed by atoms with van der Waals surface area (Å²) >= 11 is 1.08. The third-order valence-electron chi connectivity index (χ3n) is 6.64. The molecule has 3 atom stereocenters. The van der Waals surface area contributed by atoms with Crippen LogP contribution in [0.5, 0.6) is 0 Å². The Hall–Kier alpha value is -3.08. The van der Waals surface area contributed by atoms with E-state index < -0.39 is 16.7 Å². The molecule has 1 N–H and O–H groups in total. The van der Waals surface area contributed by atoms with Crippen LogP contribution >= 0.6 is 11.8 Å². The second-order valence-electron chi connectivity index (χ2n) is 8.94. The number of thioether (sulfide) groups is 1. The van der Waals surface area contributed by atoms with Gasteiger partial charge in [-0.25, -0.2) is 4.98 Å². The van der Waals surface area contributed by atoms with Crippen LogP contribution in [0.1, 0.15) is 38.7 Å². The molecule has 1 heterocycles. The van der Waals surface area contributed by atoms with Crippen LogP contribution in [0.15, 0.2) is 47.6 Å². The third kappa shape index (κ3) is 5.44. The van der Waals surface area contributed by atoms with Gasteiger partial charge < -0.3 is 5.32 Å². The van der Waals surface area contributed by atoms with Crippen LogP contribution < -0.4 is 5.32 Å². The van der Waals surface area contributed by atoms with E-state index in [-0.39, 0.29) is 39.7 Å². The number of hydrogen-bond acceptors (Lipinski definition) is 5. The first-order valence-corrected chi connectivity index (χ1v) is 12.3. The molecule has 1 aliphatic rings. The molecular formula is C24H25F3N4O3S. The standard InChI is InChI=1S/C24H25F3N4O3S/c1-14-5-3-8-19(15(14)2)28-22(32)13-35-23-29-20-12-18(31(33)34)9-10-21(20)30(23)17-7-4-6-16(11-17)24(25,26)27/h4,6-7,9-12,14-15,19H,3,5,8,13H2,1-2H3,(H,28,32)/t14-,15-,19-/m1/s1. The minimum absolute atomic E-state index is 0.0159. The maximum Gasteiger partial charge on any atom is 0.416 e. The number of nitro groups is 1. The number of carbonyl (C=O) groups excluding carboxylic acids is 1. The van der Waals surface area contributed by atoms with Gasteiger partial charge >= 0.3 is 6.18 Å². The number of hydrogen-bond donors (Lipinski definition) is 1. The Labute approximate surface area is 204 Å². The van der Waals surface area contributed by atoms with E-state index in [0.717, 1.165) is 43.2 Å². The number of benzene rings is 2. The molecule has 0 bridgehead atoms. The predicted octanol–water partition coefficient (Wildman–Crippen LogP) is 5.99. The van der Waals surface area contributed by atoms with Gasteiger partial charge in [-0.05, 0) is 42.5 Å². The molecule has 1 fully saturated rings. The third-order valence-corrected chi connectivity index (χ3v) is 7.57. The number of alkyl halides is 3. The van der Waals surface area contributed by atoms with E-state index >= 15 is 0 Å². The maximum atomic E-state index is 13.3. The number of nitrogens with one attached hydrogen (secondary N) is 1. The first-order chi connectivity index (χ1) is 16.5. The molecule has 1 aromatic heterocycles. The summed E-state index contributed by atoms with van der Waals surface area (Å²) in [5, 5.41) is 14.6. The maximum absolute atomic E-state index is 13.3. The van der Waals surface area contributed by atoms with E-state index in [1.165, 1.54) is 34.9 Å². The van der Waals surface area contributed by atoms with Crippen molar-refractivity contribution in [1.29, 1.82) is 0 Å². The van der Waals surface area contributed by atoms with Gasteiger partial charge in [0, 0.05) is 23.9 Å². The SMILES string of the molecule is C[C@@H]1[C@H](C)CCC[C@H]1NC(=O)CSc1nc2cc([N+](=O)[O-])ccc2n1-c1cccc(C(F)(F)F)c1. The summed E-state index contributed by atoms with van der Waals surface area (Å²) in [6.07, 6.45) is -1.44. The summed E-state index contributed by atoms with van der Waals surface area (Å²) < 4.78 is 41.5. The zero-order valence-corrected chi connectivity index (χ0v) is 20.0. The normalized spacial score (nSPS) is 20.7. The Morgan fingerprint density at radius 1 is 1.23 bits per heavy atom. The van der Waals surface area contributed by atoms with E-state index in [2.05, 4.69) is 24.1 Å². The lowest BCUT2D eigenvalue weighted by Gasteiger charge is -2.34. The average molecular weight is 507 g/mol. The van der Waals surface area contributed by atoms with E-state index in [1.807, 2.05) is 0 Å². The number of carbonyl (C=O) groups is 1. The number of nitrogens with zero attached hydrogens (tertiary/aromatic N) is 3. The molecule has 1 saturated carbocycles. The summed E-state index contributed by atoms with van der Waals surface area (Å²) in [7, 11) is 0. The summed E-state index contributed by atoms with van der Waals surface area (Å²) in [6.45, 7) is 4.30. The van der Waals surface area contributed by atoms with Gasteiger partial charge in [0.25, 0.3) is 5.69 Å². The Balaban J connectivity index is 1.65. The molecule has 0 unspecified atom stereocenters. The van der Waals surface area contributed by atoms with E-state index in [4.69, 9.17) is 0 Å². The highest BCUT2D eigenvalue weighted by molar-refractivity contribution is 7.99. The largest absolute Gasteiger partial charge is 0.416 e. The Morgan fingerprint density at radius 3 is 2.71 bits per heavy atom. The van der Waals surface area contributed by atoms with Crippen molar-refractivity contribution >= 4 is 34.4 Å². The fourth-order valence-electron chi connectivity index (χ4n) is 4.49. The Morgan fingerprint density at radius 2 is 2.00 bits per heavy atom. The lowest BCUT2D eigenvalue weighted by molar-refractivity contribution is -0.384. The van der Waals surface area contributed by atoms with Crippen LogP contribution in [0.2, 0.25) is 0 Å². The highest BCUT2D eigenvalue weighted by Crippen LogP contribution is 2.34. The van der Waals surface area contributed by atoms with Crippen LogP contribution in [-0.4, -0.2) is 32.2 Å². The van der Waals surface area contributed by atoms with Crippen molar-refractivity contribution in [3.05, 3.63) is 58.1 Å². The van der Waals surface area contributed by atoms with Crippen molar-refractivity contribution in [1.82, 2.24) is 14.9 Å². The fraction of sp³-hybridized carbons (Fsp3) is 0.417. The number of fused-ring (bicyclic) bond motifs is 1. The summed E-state index contributed by atoms with van der Waals surface area (Å²) in [4.78, 5) is 27.8. The van der Waals surface area contributed by atoms with E-state index in [9.17, 15) is 28.1 Å². The molecule has 35 heavy (non-hydrogen) atoms. The van der Waals surface area contributed by atoms with Gasteiger partial charge in [0.1, 0.15) is 0 Å². The summed E-state index contributed by atoms with van der Waals surface area (Å²) in [6, 6.07) is 8.86. The first-order valence-electron chi connectivity index (χ1n) is 11.3. The van der Waals surface area contributed by atoms with E-state index in [1.54, 1.807) is 0 Å². The number of halogens is 3. The molecule has 1 aliphatic carbocycles. The minimum atomic E-state index is -4.54. The molecule has 186 valence electrons. The summed E-state index contributed by atoms with van der Waals surface area (Å²) in [5.74, 6) is 0.701. The van der Waals surface area contributed by atoms with Gasteiger partial charge in [0.15, 0.2) is 5.16 Å². The number of non-ortho nitro benzene ring substituents is 1. The van der Waals surface area contributed by atoms with Crippen LogP contribution in [0.25, 0.3) is 16.7 Å². The van der Waals surface area contributed by atoms with Crippen LogP contribution in [0.3, 0.4) is 0 Å². The van der Waals surface area contributed by atoms with Crippen molar-refractivity contribution in [2.24, 2.45) is 11.8 Å². The van der Waals surface area contributed by atoms with Gasteiger partial charge in [-0.3, -0.25) is 19.5 Å². The monoisotopic (exact) mass is 506 g/mol. The number of nitro benzene ring substituents is 1. The highest BCUT2D eigenvalue weighted by atomic mass is 32.2. The lowest BCUT2D eigenvalue weighted by atomic mass is 9.78. The van der Waals surface area contributed by atoms with Crippen molar-refractivity contribution in [2.75, 3.05) is 5.75 Å². The molecule has 0 saturated heterocycles. The van der Waals surface area contributed by atoms with Gasteiger partial charge in [-0.15, -0.1) is 0 Å². The van der Waals surface area contributed by atoms with Crippen LogP contribution in [0.4, 0.5) is 18.9 Å². The molecule has 0 spiro atoms. The molecule has 2 aromatic carbocycles. The Kier molecular flexibility index (Phi) is 7.07. The quantitative estimate of drug-likeness (QED) is 0.252. The number of amides is 1. The smallest absolute Gasteiger partial charge is 0.352 e. The highest BCUT2D eigenvalue weighted by Gasteiger charge is 2.31. The zero-order chi connectivity index (χ0) is 25.3. The lowest BCUT2D eigenvalue weighted by Crippen LogP contribution is -2.44. The average Bonchev–Trinajstić information content (AvgIpc) is 3.18. The van der Waals surface area contributed by atoms with Gasteiger partial charge in [0.2, 0.25) is 5.91 Å². The Bertz CT molecular complexity index is 1260. The topological polar surface area (TPSA) is 90.1 Å². The molecule has 3 aromatic rings. The number of rotatable bonds is 6. The van der Waals surface area contributed by atoms with E-state index in [0.29, 0.717) is 17.4 Å². The van der Waals surface area contributed by atoms with Gasteiger partial charge in [-0.1, -0.05) is 44.5 Å².